The SMILES string of the molecule is COCCCNC(=O)[C@H]1N2C(=O)c3ccccc3C2SC1(C)C. The maximum absolute atomic E-state index is 12.8. The number of nitrogens with zero attached hydrogens (tertiary/aromatic N) is 1. The highest BCUT2D eigenvalue weighted by molar-refractivity contribution is 8.01. The lowest BCUT2D eigenvalue weighted by molar-refractivity contribution is -0.126. The third-order valence-electron chi connectivity index (χ3n) is 4.37. The molecule has 1 saturated heterocycles. The zero-order valence-corrected chi connectivity index (χ0v) is 14.5. The van der Waals surface area contributed by atoms with E-state index >= 15 is 0 Å². The summed E-state index contributed by atoms with van der Waals surface area (Å²) in [6.45, 7) is 5.24. The van der Waals surface area contributed by atoms with E-state index in [1.54, 1.807) is 23.8 Å². The molecule has 0 aromatic heterocycles. The predicted molar refractivity (Wildman–Crippen MR) is 90.3 cm³/mol. The van der Waals surface area contributed by atoms with Gasteiger partial charge in [-0.05, 0) is 31.9 Å². The fourth-order valence-electron chi connectivity index (χ4n) is 3.33. The number of hydrogen-bond acceptors (Lipinski definition) is 4. The second kappa shape index (κ2) is 6.17. The van der Waals surface area contributed by atoms with E-state index in [2.05, 4.69) is 5.32 Å². The molecule has 124 valence electrons. The summed E-state index contributed by atoms with van der Waals surface area (Å²) >= 11 is 1.68. The van der Waals surface area contributed by atoms with Crippen molar-refractivity contribution in [2.45, 2.75) is 36.4 Å². The standard InChI is InChI=1S/C17H22N2O3S/c1-17(2)13(14(20)18-9-6-10-22-3)19-15(21)11-7-4-5-8-12(11)16(19)23-17/h4-5,7-8,13,16H,6,9-10H2,1-3H3,(H,18,20)/t13-,16?/m1/s1. The van der Waals surface area contributed by atoms with Crippen LogP contribution in [0.25, 0.3) is 0 Å². The van der Waals surface area contributed by atoms with Gasteiger partial charge in [-0.25, -0.2) is 0 Å². The zero-order chi connectivity index (χ0) is 16.6. The van der Waals surface area contributed by atoms with Gasteiger partial charge in [-0.3, -0.25) is 9.59 Å². The van der Waals surface area contributed by atoms with Crippen molar-refractivity contribution in [2.75, 3.05) is 20.3 Å². The molecule has 6 heteroatoms. The van der Waals surface area contributed by atoms with E-state index in [0.717, 1.165) is 17.5 Å². The highest BCUT2D eigenvalue weighted by Gasteiger charge is 2.57. The van der Waals surface area contributed by atoms with Gasteiger partial charge in [0.1, 0.15) is 11.4 Å². The maximum Gasteiger partial charge on any atom is 0.256 e. The predicted octanol–water partition coefficient (Wildman–Crippen LogP) is 2.19. The van der Waals surface area contributed by atoms with E-state index in [0.29, 0.717) is 13.2 Å². The molecule has 2 heterocycles. The molecule has 3 rings (SSSR count). The van der Waals surface area contributed by atoms with Crippen molar-refractivity contribution in [1.29, 1.82) is 0 Å². The Morgan fingerprint density at radius 2 is 2.13 bits per heavy atom. The second-order valence-electron chi connectivity index (χ2n) is 6.41. The quantitative estimate of drug-likeness (QED) is 0.839. The highest BCUT2D eigenvalue weighted by atomic mass is 32.2. The molecule has 2 amide bonds. The molecule has 2 aliphatic heterocycles. The van der Waals surface area contributed by atoms with Crippen molar-refractivity contribution in [2.24, 2.45) is 0 Å². The summed E-state index contributed by atoms with van der Waals surface area (Å²) in [5.74, 6) is -0.122. The van der Waals surface area contributed by atoms with Crippen LogP contribution in [0.5, 0.6) is 0 Å². The first-order valence-electron chi connectivity index (χ1n) is 7.83. The lowest BCUT2D eigenvalue weighted by Gasteiger charge is -2.29. The van der Waals surface area contributed by atoms with Crippen molar-refractivity contribution in [3.8, 4) is 0 Å². The third kappa shape index (κ3) is 2.74. The normalized spacial score (nSPS) is 24.5. The number of methoxy groups -OCH3 is 1. The van der Waals surface area contributed by atoms with Crippen LogP contribution in [0, 0.1) is 0 Å². The van der Waals surface area contributed by atoms with E-state index in [4.69, 9.17) is 4.74 Å². The smallest absolute Gasteiger partial charge is 0.256 e. The minimum atomic E-state index is -0.458. The number of benzene rings is 1. The second-order valence-corrected chi connectivity index (χ2v) is 8.15. The number of ether oxygens (including phenoxy) is 1. The van der Waals surface area contributed by atoms with Crippen molar-refractivity contribution < 1.29 is 14.3 Å². The average Bonchev–Trinajstić information content (AvgIpc) is 2.95. The van der Waals surface area contributed by atoms with E-state index < -0.39 is 6.04 Å². The van der Waals surface area contributed by atoms with Crippen LogP contribution in [0.1, 0.15) is 41.6 Å². The van der Waals surface area contributed by atoms with E-state index in [9.17, 15) is 9.59 Å². The van der Waals surface area contributed by atoms with Gasteiger partial charge in [-0.1, -0.05) is 18.2 Å². The lowest BCUT2D eigenvalue weighted by Crippen LogP contribution is -2.52. The van der Waals surface area contributed by atoms with Crippen LogP contribution in [0.4, 0.5) is 0 Å². The molecule has 5 nitrogen and oxygen atoms in total. The summed E-state index contributed by atoms with van der Waals surface area (Å²) < 4.78 is 4.68. The van der Waals surface area contributed by atoms with Gasteiger partial charge in [0, 0.05) is 30.6 Å². The molecule has 0 radical (unpaired) electrons. The van der Waals surface area contributed by atoms with Crippen LogP contribution < -0.4 is 5.32 Å². The number of carbonyl (C=O) groups excluding carboxylic acids is 2. The largest absolute Gasteiger partial charge is 0.385 e. The van der Waals surface area contributed by atoms with Gasteiger partial charge in [-0.2, -0.15) is 0 Å². The van der Waals surface area contributed by atoms with Gasteiger partial charge in [-0.15, -0.1) is 11.8 Å². The Morgan fingerprint density at radius 1 is 1.39 bits per heavy atom. The van der Waals surface area contributed by atoms with E-state index in [1.165, 1.54) is 0 Å². The fraction of sp³-hybridized carbons (Fsp3) is 0.529. The molecule has 1 aromatic rings. The molecule has 2 aliphatic rings. The Hall–Kier alpha value is -1.53. The summed E-state index contributed by atoms with van der Waals surface area (Å²) in [6.07, 6.45) is 0.764. The molecule has 1 fully saturated rings. The van der Waals surface area contributed by atoms with Crippen molar-refractivity contribution in [3.05, 3.63) is 35.4 Å². The van der Waals surface area contributed by atoms with Gasteiger partial charge >= 0.3 is 0 Å². The molecule has 0 aliphatic carbocycles. The number of hydrogen-bond donors (Lipinski definition) is 1. The number of carbonyl (C=O) groups is 2. The van der Waals surface area contributed by atoms with Crippen LogP contribution in [-0.4, -0.2) is 47.8 Å². The number of amides is 2. The lowest BCUT2D eigenvalue weighted by atomic mass is 10.0. The zero-order valence-electron chi connectivity index (χ0n) is 13.7. The molecule has 0 saturated carbocycles. The molecule has 1 unspecified atom stereocenters. The van der Waals surface area contributed by atoms with Crippen molar-refractivity contribution in [3.63, 3.8) is 0 Å². The van der Waals surface area contributed by atoms with Crippen molar-refractivity contribution in [1.82, 2.24) is 10.2 Å². The Labute approximate surface area is 140 Å². The molecule has 0 spiro atoms. The summed E-state index contributed by atoms with van der Waals surface area (Å²) in [5.41, 5.74) is 1.74. The minimum absolute atomic E-state index is 0.0410. The Bertz CT molecular complexity index is 632. The molecule has 1 aromatic carbocycles. The molecule has 1 N–H and O–H groups in total. The van der Waals surface area contributed by atoms with Gasteiger partial charge in [0.2, 0.25) is 5.91 Å². The number of nitrogens with one attached hydrogen (secondary N) is 1. The average molecular weight is 334 g/mol. The summed E-state index contributed by atoms with van der Waals surface area (Å²) in [6, 6.07) is 7.19. The van der Waals surface area contributed by atoms with E-state index in [1.807, 2.05) is 38.1 Å². The fourth-order valence-corrected chi connectivity index (χ4v) is 4.92. The first-order valence-corrected chi connectivity index (χ1v) is 8.71. The van der Waals surface area contributed by atoms with Gasteiger partial charge in [0.25, 0.3) is 5.91 Å². The van der Waals surface area contributed by atoms with Crippen molar-refractivity contribution >= 4 is 23.6 Å². The number of rotatable bonds is 5. The summed E-state index contributed by atoms with van der Waals surface area (Å²) in [4.78, 5) is 27.2. The molecule has 2 atom stereocenters. The maximum atomic E-state index is 12.8. The van der Waals surface area contributed by atoms with Gasteiger partial charge in [0.15, 0.2) is 0 Å². The molecular formula is C17H22N2O3S. The summed E-state index contributed by atoms with van der Waals surface area (Å²) in [7, 11) is 1.64. The highest BCUT2D eigenvalue weighted by Crippen LogP contribution is 2.56. The third-order valence-corrected chi connectivity index (χ3v) is 5.90. The van der Waals surface area contributed by atoms with Crippen LogP contribution in [0.3, 0.4) is 0 Å². The van der Waals surface area contributed by atoms with E-state index in [-0.39, 0.29) is 21.9 Å². The van der Waals surface area contributed by atoms with Crippen LogP contribution in [-0.2, 0) is 9.53 Å². The van der Waals surface area contributed by atoms with Gasteiger partial charge in [0.05, 0.1) is 0 Å². The Morgan fingerprint density at radius 3 is 2.87 bits per heavy atom. The first-order chi connectivity index (χ1) is 11.0. The number of thioether (sulfide) groups is 1. The van der Waals surface area contributed by atoms with Gasteiger partial charge < -0.3 is 15.0 Å². The molecule has 23 heavy (non-hydrogen) atoms. The molecular weight excluding hydrogens is 312 g/mol. The first kappa shape index (κ1) is 16.3. The Kier molecular flexibility index (Phi) is 4.38. The molecule has 0 bridgehead atoms. The Balaban J connectivity index is 1.81. The summed E-state index contributed by atoms with van der Waals surface area (Å²) in [5, 5.41) is 2.88. The minimum Gasteiger partial charge on any atom is -0.385 e. The topological polar surface area (TPSA) is 58.6 Å². The monoisotopic (exact) mass is 334 g/mol. The van der Waals surface area contributed by atoms with Crippen LogP contribution in [0.2, 0.25) is 0 Å². The number of fused-ring (bicyclic) bond motifs is 3. The van der Waals surface area contributed by atoms with Crippen LogP contribution >= 0.6 is 11.8 Å². The van der Waals surface area contributed by atoms with Crippen LogP contribution in [0.15, 0.2) is 24.3 Å².